The fourth-order valence-electron chi connectivity index (χ4n) is 1.97. The molecule has 1 radical (unpaired) electrons. The lowest BCUT2D eigenvalue weighted by molar-refractivity contribution is 0.0486. The summed E-state index contributed by atoms with van der Waals surface area (Å²) in [4.78, 5) is 10.1. The van der Waals surface area contributed by atoms with Gasteiger partial charge in [-0.1, -0.05) is 13.3 Å². The molecule has 0 spiro atoms. The van der Waals surface area contributed by atoms with Crippen LogP contribution in [-0.4, -0.2) is 12.1 Å². The van der Waals surface area contributed by atoms with Crippen molar-refractivity contribution in [2.24, 2.45) is 0 Å². The second-order valence-corrected chi connectivity index (χ2v) is 3.33. The summed E-state index contributed by atoms with van der Waals surface area (Å²) < 4.78 is 5.03. The average molecular weight is 155 g/mol. The molecule has 2 nitrogen and oxygen atoms in total. The minimum Gasteiger partial charge on any atom is -0.451 e. The van der Waals surface area contributed by atoms with E-state index in [1.165, 1.54) is 12.8 Å². The van der Waals surface area contributed by atoms with E-state index in [1.807, 2.05) is 0 Å². The molecule has 1 aliphatic carbocycles. The highest BCUT2D eigenvalue weighted by molar-refractivity contribution is 5.39. The SMILES string of the molecule is CCCC1(O[C]=O)CCCC1. The topological polar surface area (TPSA) is 26.3 Å². The van der Waals surface area contributed by atoms with E-state index in [0.717, 1.165) is 25.7 Å². The maximum atomic E-state index is 10.1. The van der Waals surface area contributed by atoms with Gasteiger partial charge in [-0.15, -0.1) is 0 Å². The van der Waals surface area contributed by atoms with Crippen LogP contribution < -0.4 is 0 Å². The van der Waals surface area contributed by atoms with Gasteiger partial charge in [0.05, 0.1) is 0 Å². The predicted molar refractivity (Wildman–Crippen MR) is 42.9 cm³/mol. The summed E-state index contributed by atoms with van der Waals surface area (Å²) >= 11 is 0. The number of rotatable bonds is 4. The molecule has 0 N–H and O–H groups in total. The summed E-state index contributed by atoms with van der Waals surface area (Å²) in [6.07, 6.45) is 6.56. The number of ether oxygens (including phenoxy) is 1. The summed E-state index contributed by atoms with van der Waals surface area (Å²) in [6.45, 7) is 3.70. The molecule has 0 amide bonds. The van der Waals surface area contributed by atoms with Crippen molar-refractivity contribution in [2.75, 3.05) is 0 Å². The zero-order valence-electron chi connectivity index (χ0n) is 7.06. The van der Waals surface area contributed by atoms with Gasteiger partial charge in [-0.05, 0) is 32.1 Å². The fraction of sp³-hybridized carbons (Fsp3) is 0.889. The Bertz CT molecular complexity index is 126. The molecule has 0 heterocycles. The second-order valence-electron chi connectivity index (χ2n) is 3.33. The largest absolute Gasteiger partial charge is 0.451 e. The van der Waals surface area contributed by atoms with E-state index in [4.69, 9.17) is 4.74 Å². The fourth-order valence-corrected chi connectivity index (χ4v) is 1.97. The molecule has 0 aliphatic heterocycles. The van der Waals surface area contributed by atoms with Crippen molar-refractivity contribution in [3.8, 4) is 0 Å². The number of carbonyl (C=O) groups excluding carboxylic acids is 1. The maximum absolute atomic E-state index is 10.1. The molecule has 2 heteroatoms. The van der Waals surface area contributed by atoms with Crippen LogP contribution in [0.15, 0.2) is 0 Å². The Morgan fingerprint density at radius 1 is 1.45 bits per heavy atom. The summed E-state index contributed by atoms with van der Waals surface area (Å²) in [7, 11) is 0. The Morgan fingerprint density at radius 3 is 2.55 bits per heavy atom. The third-order valence-electron chi connectivity index (χ3n) is 2.48. The maximum Gasteiger partial charge on any atom is 0.418 e. The lowest BCUT2D eigenvalue weighted by atomic mass is 9.96. The van der Waals surface area contributed by atoms with Gasteiger partial charge in [-0.3, -0.25) is 0 Å². The molecule has 1 saturated carbocycles. The van der Waals surface area contributed by atoms with Gasteiger partial charge in [0, 0.05) is 0 Å². The molecule has 0 atom stereocenters. The average Bonchev–Trinajstić information content (AvgIpc) is 2.39. The van der Waals surface area contributed by atoms with Crippen LogP contribution >= 0.6 is 0 Å². The molecular formula is C9H15O2. The first-order chi connectivity index (χ1) is 5.33. The Hall–Kier alpha value is -0.530. The molecule has 0 aromatic heterocycles. The van der Waals surface area contributed by atoms with E-state index in [-0.39, 0.29) is 5.60 Å². The van der Waals surface area contributed by atoms with Gasteiger partial charge >= 0.3 is 6.47 Å². The van der Waals surface area contributed by atoms with E-state index in [2.05, 4.69) is 6.92 Å². The zero-order valence-corrected chi connectivity index (χ0v) is 7.06. The third kappa shape index (κ3) is 1.95. The van der Waals surface area contributed by atoms with E-state index < -0.39 is 0 Å². The van der Waals surface area contributed by atoms with E-state index >= 15 is 0 Å². The van der Waals surface area contributed by atoms with Crippen LogP contribution in [0.1, 0.15) is 45.4 Å². The van der Waals surface area contributed by atoms with E-state index in [1.54, 1.807) is 6.47 Å². The Kier molecular flexibility index (Phi) is 2.92. The van der Waals surface area contributed by atoms with Crippen molar-refractivity contribution < 1.29 is 9.53 Å². The normalized spacial score (nSPS) is 21.5. The monoisotopic (exact) mass is 155 g/mol. The van der Waals surface area contributed by atoms with Crippen molar-refractivity contribution in [3.63, 3.8) is 0 Å². The first kappa shape index (κ1) is 8.57. The third-order valence-corrected chi connectivity index (χ3v) is 2.48. The summed E-state index contributed by atoms with van der Waals surface area (Å²) in [6, 6.07) is 0. The Balaban J connectivity index is 2.46. The Labute approximate surface area is 67.9 Å². The predicted octanol–water partition coefficient (Wildman–Crippen LogP) is 2.18. The van der Waals surface area contributed by atoms with Crippen LogP contribution in [0.3, 0.4) is 0 Å². The van der Waals surface area contributed by atoms with Crippen molar-refractivity contribution in [1.29, 1.82) is 0 Å². The summed E-state index contributed by atoms with van der Waals surface area (Å²) in [5.41, 5.74) is -0.128. The van der Waals surface area contributed by atoms with Crippen LogP contribution in [0.2, 0.25) is 0 Å². The summed E-state index contributed by atoms with van der Waals surface area (Å²) in [5, 5.41) is 0. The molecule has 1 fully saturated rings. The molecule has 0 aromatic rings. The van der Waals surface area contributed by atoms with Crippen LogP contribution in [0.25, 0.3) is 0 Å². The minimum absolute atomic E-state index is 0.128. The van der Waals surface area contributed by atoms with Gasteiger partial charge < -0.3 is 4.74 Å². The molecule has 0 aromatic carbocycles. The minimum atomic E-state index is -0.128. The molecule has 11 heavy (non-hydrogen) atoms. The molecule has 1 aliphatic rings. The molecule has 1 rings (SSSR count). The number of hydrogen-bond donors (Lipinski definition) is 0. The molecule has 0 unspecified atom stereocenters. The first-order valence-corrected chi connectivity index (χ1v) is 4.38. The van der Waals surface area contributed by atoms with Gasteiger partial charge in [0.15, 0.2) is 0 Å². The highest BCUT2D eigenvalue weighted by Gasteiger charge is 2.34. The second kappa shape index (κ2) is 3.74. The van der Waals surface area contributed by atoms with Crippen LogP contribution in [0.5, 0.6) is 0 Å². The van der Waals surface area contributed by atoms with Crippen LogP contribution in [0.4, 0.5) is 0 Å². The molecular weight excluding hydrogens is 140 g/mol. The van der Waals surface area contributed by atoms with E-state index in [0.29, 0.717) is 0 Å². The lowest BCUT2D eigenvalue weighted by Crippen LogP contribution is -2.27. The van der Waals surface area contributed by atoms with Crippen molar-refractivity contribution in [2.45, 2.75) is 51.0 Å². The Morgan fingerprint density at radius 2 is 2.09 bits per heavy atom. The van der Waals surface area contributed by atoms with Gasteiger partial charge in [0.2, 0.25) is 0 Å². The molecule has 63 valence electrons. The lowest BCUT2D eigenvalue weighted by Gasteiger charge is -2.25. The first-order valence-electron chi connectivity index (χ1n) is 4.38. The van der Waals surface area contributed by atoms with Gasteiger partial charge in [-0.25, -0.2) is 4.79 Å². The van der Waals surface area contributed by atoms with Crippen LogP contribution in [-0.2, 0) is 9.53 Å². The summed E-state index contributed by atoms with van der Waals surface area (Å²) in [5.74, 6) is 0. The smallest absolute Gasteiger partial charge is 0.418 e. The van der Waals surface area contributed by atoms with Gasteiger partial charge in [-0.2, -0.15) is 0 Å². The van der Waals surface area contributed by atoms with Crippen molar-refractivity contribution >= 4 is 6.47 Å². The van der Waals surface area contributed by atoms with Crippen molar-refractivity contribution in [3.05, 3.63) is 0 Å². The van der Waals surface area contributed by atoms with E-state index in [9.17, 15) is 4.79 Å². The van der Waals surface area contributed by atoms with Gasteiger partial charge in [0.25, 0.3) is 0 Å². The van der Waals surface area contributed by atoms with Crippen LogP contribution in [0, 0.1) is 0 Å². The quantitative estimate of drug-likeness (QED) is 0.622. The standard InChI is InChI=1S/C9H15O2/c1-2-5-9(11-8-10)6-3-4-7-9/h2-7H2,1H3. The number of hydrogen-bond acceptors (Lipinski definition) is 2. The highest BCUT2D eigenvalue weighted by atomic mass is 16.5. The van der Waals surface area contributed by atoms with Crippen molar-refractivity contribution in [1.82, 2.24) is 0 Å². The molecule has 0 saturated heterocycles. The highest BCUT2D eigenvalue weighted by Crippen LogP contribution is 2.36. The zero-order chi connectivity index (χ0) is 8.16. The van der Waals surface area contributed by atoms with Gasteiger partial charge in [0.1, 0.15) is 5.60 Å². The molecule has 0 bridgehead atoms.